The molecule has 1 aromatic rings. The lowest BCUT2D eigenvalue weighted by Crippen LogP contribution is -2.17. The molecule has 0 aromatic carbocycles. The first kappa shape index (κ1) is 12.8. The van der Waals surface area contributed by atoms with Gasteiger partial charge in [0, 0.05) is 6.20 Å². The van der Waals surface area contributed by atoms with Crippen LogP contribution in [-0.2, 0) is 11.9 Å². The predicted molar refractivity (Wildman–Crippen MR) is 51.2 cm³/mol. The Balaban J connectivity index is 3.27. The lowest BCUT2D eigenvalue weighted by molar-refractivity contribution is -0.141. The van der Waals surface area contributed by atoms with E-state index in [0.29, 0.717) is 6.20 Å². The number of hydrogen-bond acceptors (Lipinski definition) is 4. The number of nitrogens with zero attached hydrogens (tertiary/aromatic N) is 2. The Morgan fingerprint density at radius 2 is 2.19 bits per heavy atom. The van der Waals surface area contributed by atoms with Crippen LogP contribution in [0.2, 0.25) is 0 Å². The molecule has 0 unspecified atom stereocenters. The lowest BCUT2D eigenvalue weighted by Gasteiger charge is -2.09. The molecule has 1 aromatic heterocycles. The van der Waals surface area contributed by atoms with E-state index in [4.69, 9.17) is 5.11 Å². The molecule has 4 nitrogen and oxygen atoms in total. The monoisotopic (exact) mass is 252 g/mol. The van der Waals surface area contributed by atoms with Gasteiger partial charge in [-0.1, -0.05) is 0 Å². The Morgan fingerprint density at radius 3 is 2.62 bits per heavy atom. The van der Waals surface area contributed by atoms with Gasteiger partial charge in [-0.15, -0.1) is 0 Å². The number of aromatic nitrogens is 2. The number of carboxylic acid groups (broad SMARTS) is 1. The largest absolute Gasteiger partial charge is 0.478 e. The van der Waals surface area contributed by atoms with Crippen molar-refractivity contribution in [2.45, 2.75) is 11.9 Å². The van der Waals surface area contributed by atoms with Crippen molar-refractivity contribution in [3.63, 3.8) is 0 Å². The van der Waals surface area contributed by atoms with Gasteiger partial charge in [-0.3, -0.25) is 0 Å². The Hall–Kier alpha value is -1.31. The summed E-state index contributed by atoms with van der Waals surface area (Å²) in [7, 11) is 0. The zero-order valence-corrected chi connectivity index (χ0v) is 8.89. The molecular weight excluding hydrogens is 245 g/mol. The number of carboxylic acids is 1. The van der Waals surface area contributed by atoms with E-state index in [0.717, 1.165) is 0 Å². The second kappa shape index (κ2) is 4.69. The highest BCUT2D eigenvalue weighted by Gasteiger charge is 2.38. The van der Waals surface area contributed by atoms with Crippen LogP contribution >= 0.6 is 11.8 Å². The van der Waals surface area contributed by atoms with Crippen LogP contribution < -0.4 is 0 Å². The van der Waals surface area contributed by atoms with Crippen LogP contribution in [0, 0.1) is 0 Å². The molecule has 0 amide bonds. The summed E-state index contributed by atoms with van der Waals surface area (Å²) in [6, 6.07) is 0. The highest BCUT2D eigenvalue weighted by molar-refractivity contribution is 7.97. The average Bonchev–Trinajstić information content (AvgIpc) is 2.16. The van der Waals surface area contributed by atoms with E-state index in [-0.39, 0.29) is 11.6 Å². The van der Waals surface area contributed by atoms with Crippen molar-refractivity contribution in [3.05, 3.63) is 23.3 Å². The van der Waals surface area contributed by atoms with Gasteiger partial charge in [-0.2, -0.15) is 24.9 Å². The molecule has 0 spiro atoms. The van der Waals surface area contributed by atoms with Crippen LogP contribution in [0.4, 0.5) is 13.2 Å². The number of rotatable bonds is 3. The van der Waals surface area contributed by atoms with Crippen LogP contribution in [0.25, 0.3) is 0 Å². The summed E-state index contributed by atoms with van der Waals surface area (Å²) in [5.41, 5.74) is -2.34. The van der Waals surface area contributed by atoms with E-state index in [2.05, 4.69) is 9.97 Å². The van der Waals surface area contributed by atoms with Gasteiger partial charge in [0.25, 0.3) is 0 Å². The van der Waals surface area contributed by atoms with Crippen molar-refractivity contribution in [2.75, 3.05) is 6.26 Å². The standard InChI is InChI=1S/C8H7F3N2O2S/c1-16-3-5-12-2-4(7(14)15)6(13-5)8(9,10)11/h2H,3H2,1H3,(H,14,15). The van der Waals surface area contributed by atoms with Crippen LogP contribution in [-0.4, -0.2) is 27.3 Å². The van der Waals surface area contributed by atoms with Crippen LogP contribution in [0.3, 0.4) is 0 Å². The van der Waals surface area contributed by atoms with E-state index < -0.39 is 23.4 Å². The molecule has 0 saturated carbocycles. The Kier molecular flexibility index (Phi) is 3.74. The van der Waals surface area contributed by atoms with Gasteiger partial charge in [0.1, 0.15) is 11.4 Å². The van der Waals surface area contributed by atoms with E-state index in [1.54, 1.807) is 6.26 Å². The predicted octanol–water partition coefficient (Wildman–Crippen LogP) is 2.06. The summed E-state index contributed by atoms with van der Waals surface area (Å²) < 4.78 is 37.4. The molecule has 0 fully saturated rings. The first-order chi connectivity index (χ1) is 7.36. The molecule has 0 radical (unpaired) electrons. The van der Waals surface area contributed by atoms with Crippen molar-refractivity contribution in [3.8, 4) is 0 Å². The summed E-state index contributed by atoms with van der Waals surface area (Å²) in [4.78, 5) is 17.3. The summed E-state index contributed by atoms with van der Waals surface area (Å²) in [6.07, 6.45) is -2.42. The maximum atomic E-state index is 12.5. The average molecular weight is 252 g/mol. The third-order valence-electron chi connectivity index (χ3n) is 1.61. The molecule has 16 heavy (non-hydrogen) atoms. The van der Waals surface area contributed by atoms with Crippen molar-refractivity contribution in [2.24, 2.45) is 0 Å². The number of alkyl halides is 3. The first-order valence-corrected chi connectivity index (χ1v) is 5.41. The highest BCUT2D eigenvalue weighted by Crippen LogP contribution is 2.30. The van der Waals surface area contributed by atoms with Crippen molar-refractivity contribution < 1.29 is 23.1 Å². The fraction of sp³-hybridized carbons (Fsp3) is 0.375. The van der Waals surface area contributed by atoms with E-state index in [1.165, 1.54) is 11.8 Å². The summed E-state index contributed by atoms with van der Waals surface area (Å²) in [5, 5.41) is 8.56. The van der Waals surface area contributed by atoms with Gasteiger partial charge < -0.3 is 5.11 Å². The highest BCUT2D eigenvalue weighted by atomic mass is 32.2. The fourth-order valence-electron chi connectivity index (χ4n) is 0.990. The molecule has 0 bridgehead atoms. The van der Waals surface area contributed by atoms with Gasteiger partial charge in [-0.25, -0.2) is 14.8 Å². The van der Waals surface area contributed by atoms with Gasteiger partial charge >= 0.3 is 12.1 Å². The maximum Gasteiger partial charge on any atom is 0.434 e. The molecule has 0 saturated heterocycles. The fourth-order valence-corrected chi connectivity index (χ4v) is 1.39. The van der Waals surface area contributed by atoms with Gasteiger partial charge in [0.15, 0.2) is 5.69 Å². The lowest BCUT2D eigenvalue weighted by atomic mass is 10.2. The number of carbonyl (C=O) groups is 1. The molecular formula is C8H7F3N2O2S. The second-order valence-electron chi connectivity index (χ2n) is 2.78. The molecule has 0 aliphatic heterocycles. The number of aromatic carboxylic acids is 1. The van der Waals surface area contributed by atoms with Crippen molar-refractivity contribution in [1.82, 2.24) is 9.97 Å². The van der Waals surface area contributed by atoms with Gasteiger partial charge in [0.05, 0.1) is 5.75 Å². The Bertz CT molecular complexity index is 409. The quantitative estimate of drug-likeness (QED) is 0.892. The molecule has 88 valence electrons. The van der Waals surface area contributed by atoms with Crippen LogP contribution in [0.15, 0.2) is 6.20 Å². The van der Waals surface area contributed by atoms with Gasteiger partial charge in [-0.05, 0) is 6.26 Å². The molecule has 0 aliphatic carbocycles. The molecule has 1 N–H and O–H groups in total. The van der Waals surface area contributed by atoms with Gasteiger partial charge in [0.2, 0.25) is 0 Å². The molecule has 1 heterocycles. The summed E-state index contributed by atoms with van der Waals surface area (Å²) in [6.45, 7) is 0. The smallest absolute Gasteiger partial charge is 0.434 e. The zero-order valence-electron chi connectivity index (χ0n) is 8.08. The second-order valence-corrected chi connectivity index (χ2v) is 3.65. The van der Waals surface area contributed by atoms with Crippen LogP contribution in [0.1, 0.15) is 21.9 Å². The maximum absolute atomic E-state index is 12.5. The summed E-state index contributed by atoms with van der Waals surface area (Å²) in [5.74, 6) is -1.53. The van der Waals surface area contributed by atoms with Crippen molar-refractivity contribution in [1.29, 1.82) is 0 Å². The van der Waals surface area contributed by atoms with E-state index in [9.17, 15) is 18.0 Å². The van der Waals surface area contributed by atoms with E-state index in [1.807, 2.05) is 0 Å². The minimum absolute atomic E-state index is 0.0372. The Morgan fingerprint density at radius 1 is 1.56 bits per heavy atom. The SMILES string of the molecule is CSCc1ncc(C(=O)O)c(C(F)(F)F)n1. The minimum Gasteiger partial charge on any atom is -0.478 e. The number of halogens is 3. The topological polar surface area (TPSA) is 63.1 Å². The molecule has 0 atom stereocenters. The third-order valence-corrected chi connectivity index (χ3v) is 2.16. The first-order valence-electron chi connectivity index (χ1n) is 4.01. The van der Waals surface area contributed by atoms with Crippen molar-refractivity contribution >= 4 is 17.7 Å². The van der Waals surface area contributed by atoms with Crippen LogP contribution in [0.5, 0.6) is 0 Å². The Labute approximate surface area is 92.9 Å². The third kappa shape index (κ3) is 2.84. The summed E-state index contributed by atoms with van der Waals surface area (Å²) >= 11 is 1.25. The van der Waals surface area contributed by atoms with E-state index >= 15 is 0 Å². The molecule has 8 heteroatoms. The minimum atomic E-state index is -4.79. The normalized spacial score (nSPS) is 11.5. The molecule has 0 aliphatic rings. The number of hydrogen-bond donors (Lipinski definition) is 1. The zero-order chi connectivity index (χ0) is 12.3. The number of thioether (sulfide) groups is 1. The molecule has 1 rings (SSSR count).